The largest absolute Gasteiger partial charge is 0.377 e. The standard InChI is InChI=1S/C12H14ClN3S/c1-16(2)10-6-4-3-5-9(10)14-8-12-15-7-11(13)17-12/h3-7,14H,8H2,1-2H3. The van der Waals surface area contributed by atoms with Gasteiger partial charge in [-0.2, -0.15) is 0 Å². The zero-order valence-corrected chi connectivity index (χ0v) is 11.3. The molecule has 0 amide bonds. The summed E-state index contributed by atoms with van der Waals surface area (Å²) < 4.78 is 0.725. The molecule has 2 rings (SSSR count). The van der Waals surface area contributed by atoms with Crippen LogP contribution in [-0.2, 0) is 6.54 Å². The van der Waals surface area contributed by atoms with Crippen LogP contribution in [-0.4, -0.2) is 19.1 Å². The van der Waals surface area contributed by atoms with Crippen LogP contribution in [0, 0.1) is 0 Å². The van der Waals surface area contributed by atoms with Gasteiger partial charge in [0.2, 0.25) is 0 Å². The minimum atomic E-state index is 0.697. The Kier molecular flexibility index (Phi) is 3.86. The molecule has 0 fully saturated rings. The van der Waals surface area contributed by atoms with E-state index < -0.39 is 0 Å². The molecule has 1 heterocycles. The van der Waals surface area contributed by atoms with Crippen molar-refractivity contribution < 1.29 is 0 Å². The van der Waals surface area contributed by atoms with Crippen LogP contribution in [0.15, 0.2) is 30.5 Å². The Morgan fingerprint density at radius 3 is 2.76 bits per heavy atom. The lowest BCUT2D eigenvalue weighted by Gasteiger charge is -2.17. The number of para-hydroxylation sites is 2. The average Bonchev–Trinajstić information content (AvgIpc) is 2.73. The summed E-state index contributed by atoms with van der Waals surface area (Å²) in [4.78, 5) is 6.30. The first-order valence-electron chi connectivity index (χ1n) is 5.27. The van der Waals surface area contributed by atoms with Gasteiger partial charge in [-0.25, -0.2) is 4.98 Å². The van der Waals surface area contributed by atoms with Crippen molar-refractivity contribution in [3.8, 4) is 0 Å². The van der Waals surface area contributed by atoms with E-state index in [-0.39, 0.29) is 0 Å². The van der Waals surface area contributed by atoms with Gasteiger partial charge in [-0.3, -0.25) is 0 Å². The second kappa shape index (κ2) is 5.38. The second-order valence-corrected chi connectivity index (χ2v) is 5.57. The van der Waals surface area contributed by atoms with E-state index in [0.29, 0.717) is 6.54 Å². The van der Waals surface area contributed by atoms with Gasteiger partial charge in [0, 0.05) is 14.1 Å². The monoisotopic (exact) mass is 267 g/mol. The summed E-state index contributed by atoms with van der Waals surface area (Å²) in [6, 6.07) is 8.19. The van der Waals surface area contributed by atoms with Crippen LogP contribution in [0.2, 0.25) is 4.34 Å². The molecule has 17 heavy (non-hydrogen) atoms. The van der Waals surface area contributed by atoms with Crippen LogP contribution in [0.5, 0.6) is 0 Å². The summed E-state index contributed by atoms with van der Waals surface area (Å²) >= 11 is 7.34. The molecule has 1 N–H and O–H groups in total. The maximum absolute atomic E-state index is 5.84. The average molecular weight is 268 g/mol. The number of nitrogens with zero attached hydrogens (tertiary/aromatic N) is 2. The Morgan fingerprint density at radius 1 is 1.35 bits per heavy atom. The molecular formula is C12H14ClN3S. The molecule has 0 unspecified atom stereocenters. The molecule has 0 atom stereocenters. The third kappa shape index (κ3) is 3.11. The number of aromatic nitrogens is 1. The fourth-order valence-corrected chi connectivity index (χ4v) is 2.45. The van der Waals surface area contributed by atoms with Gasteiger partial charge in [0.1, 0.15) is 9.34 Å². The van der Waals surface area contributed by atoms with Crippen molar-refractivity contribution in [1.82, 2.24) is 4.98 Å². The van der Waals surface area contributed by atoms with E-state index in [9.17, 15) is 0 Å². The van der Waals surface area contributed by atoms with E-state index in [1.807, 2.05) is 26.2 Å². The van der Waals surface area contributed by atoms with Crippen LogP contribution >= 0.6 is 22.9 Å². The first-order valence-corrected chi connectivity index (χ1v) is 6.46. The highest BCUT2D eigenvalue weighted by atomic mass is 35.5. The Labute approximate surface area is 110 Å². The smallest absolute Gasteiger partial charge is 0.113 e. The van der Waals surface area contributed by atoms with E-state index in [0.717, 1.165) is 20.7 Å². The molecule has 2 aromatic rings. The molecule has 0 saturated heterocycles. The topological polar surface area (TPSA) is 28.2 Å². The molecule has 0 spiro atoms. The van der Waals surface area contributed by atoms with E-state index in [2.05, 4.69) is 27.3 Å². The van der Waals surface area contributed by atoms with E-state index in [1.54, 1.807) is 6.20 Å². The zero-order chi connectivity index (χ0) is 12.3. The van der Waals surface area contributed by atoms with Crippen molar-refractivity contribution >= 4 is 34.3 Å². The molecule has 0 aliphatic carbocycles. The molecule has 0 saturated carbocycles. The van der Waals surface area contributed by atoms with Gasteiger partial charge in [-0.05, 0) is 12.1 Å². The van der Waals surface area contributed by atoms with Gasteiger partial charge < -0.3 is 10.2 Å². The minimum absolute atomic E-state index is 0.697. The maximum atomic E-state index is 5.84. The van der Waals surface area contributed by atoms with Gasteiger partial charge >= 0.3 is 0 Å². The quantitative estimate of drug-likeness (QED) is 0.919. The van der Waals surface area contributed by atoms with E-state index in [1.165, 1.54) is 11.3 Å². The molecule has 5 heteroatoms. The zero-order valence-electron chi connectivity index (χ0n) is 9.77. The summed E-state index contributed by atoms with van der Waals surface area (Å²) in [6.45, 7) is 0.697. The predicted octanol–water partition coefficient (Wildman–Crippen LogP) is 3.47. The van der Waals surface area contributed by atoms with Crippen LogP contribution in [0.3, 0.4) is 0 Å². The molecule has 0 bridgehead atoms. The van der Waals surface area contributed by atoms with Gasteiger partial charge in [-0.15, -0.1) is 11.3 Å². The van der Waals surface area contributed by atoms with E-state index >= 15 is 0 Å². The van der Waals surface area contributed by atoms with Crippen molar-refractivity contribution in [2.24, 2.45) is 0 Å². The van der Waals surface area contributed by atoms with Gasteiger partial charge in [0.25, 0.3) is 0 Å². The fraction of sp³-hybridized carbons (Fsp3) is 0.250. The highest BCUT2D eigenvalue weighted by Crippen LogP contribution is 2.25. The SMILES string of the molecule is CN(C)c1ccccc1NCc1ncc(Cl)s1. The first-order chi connectivity index (χ1) is 8.16. The molecule has 90 valence electrons. The van der Waals surface area contributed by atoms with Gasteiger partial charge in [-0.1, -0.05) is 23.7 Å². The van der Waals surface area contributed by atoms with Gasteiger partial charge in [0.05, 0.1) is 24.1 Å². The number of nitrogens with one attached hydrogen (secondary N) is 1. The Hall–Kier alpha value is -1.26. The molecule has 0 aliphatic rings. The van der Waals surface area contributed by atoms with Crippen molar-refractivity contribution in [2.75, 3.05) is 24.3 Å². The normalized spacial score (nSPS) is 10.3. The van der Waals surface area contributed by atoms with Crippen LogP contribution < -0.4 is 10.2 Å². The summed E-state index contributed by atoms with van der Waals surface area (Å²) in [6.07, 6.45) is 1.68. The van der Waals surface area contributed by atoms with Crippen LogP contribution in [0.25, 0.3) is 0 Å². The summed E-state index contributed by atoms with van der Waals surface area (Å²) in [5, 5.41) is 4.36. The molecule has 0 radical (unpaired) electrons. The Bertz CT molecular complexity index is 496. The maximum Gasteiger partial charge on any atom is 0.113 e. The molecular weight excluding hydrogens is 254 g/mol. The van der Waals surface area contributed by atoms with Crippen LogP contribution in [0.1, 0.15) is 5.01 Å². The highest BCUT2D eigenvalue weighted by Gasteiger charge is 2.04. The van der Waals surface area contributed by atoms with Crippen molar-refractivity contribution in [3.63, 3.8) is 0 Å². The lowest BCUT2D eigenvalue weighted by atomic mass is 10.2. The van der Waals surface area contributed by atoms with Crippen molar-refractivity contribution in [2.45, 2.75) is 6.54 Å². The van der Waals surface area contributed by atoms with Crippen molar-refractivity contribution in [3.05, 3.63) is 39.8 Å². The molecule has 1 aromatic carbocycles. The van der Waals surface area contributed by atoms with Gasteiger partial charge in [0.15, 0.2) is 0 Å². The van der Waals surface area contributed by atoms with Crippen molar-refractivity contribution in [1.29, 1.82) is 0 Å². The minimum Gasteiger partial charge on any atom is -0.377 e. The number of benzene rings is 1. The Balaban J connectivity index is 2.08. The third-order valence-electron chi connectivity index (χ3n) is 2.34. The lowest BCUT2D eigenvalue weighted by Crippen LogP contribution is -2.11. The number of hydrogen-bond donors (Lipinski definition) is 1. The fourth-order valence-electron chi connectivity index (χ4n) is 1.55. The molecule has 3 nitrogen and oxygen atoms in total. The number of thiazole rings is 1. The highest BCUT2D eigenvalue weighted by molar-refractivity contribution is 7.15. The first kappa shape index (κ1) is 12.2. The van der Waals surface area contributed by atoms with E-state index in [4.69, 9.17) is 11.6 Å². The number of hydrogen-bond acceptors (Lipinski definition) is 4. The van der Waals surface area contributed by atoms with Crippen LogP contribution in [0.4, 0.5) is 11.4 Å². The summed E-state index contributed by atoms with van der Waals surface area (Å²) in [5.74, 6) is 0. The second-order valence-electron chi connectivity index (χ2n) is 3.82. The predicted molar refractivity (Wildman–Crippen MR) is 75.2 cm³/mol. The molecule has 1 aromatic heterocycles. The number of halogens is 1. The summed E-state index contributed by atoms with van der Waals surface area (Å²) in [7, 11) is 4.06. The Morgan fingerprint density at radius 2 is 2.12 bits per heavy atom. The number of rotatable bonds is 4. The molecule has 0 aliphatic heterocycles. The summed E-state index contributed by atoms with van der Waals surface area (Å²) in [5.41, 5.74) is 2.26. The number of anilines is 2. The third-order valence-corrected chi connectivity index (χ3v) is 3.46. The lowest BCUT2D eigenvalue weighted by molar-refractivity contribution is 1.08.